The summed E-state index contributed by atoms with van der Waals surface area (Å²) < 4.78 is 17.3. The van der Waals surface area contributed by atoms with Crippen LogP contribution in [0.5, 0.6) is 5.75 Å². The van der Waals surface area contributed by atoms with E-state index in [1.807, 2.05) is 13.0 Å². The van der Waals surface area contributed by atoms with Crippen molar-refractivity contribution in [2.75, 3.05) is 0 Å². The molecule has 31 heavy (non-hydrogen) atoms. The molecular formula is C24H28FN5O. The van der Waals surface area contributed by atoms with Crippen molar-refractivity contribution >= 4 is 5.57 Å². The lowest BCUT2D eigenvalue weighted by molar-refractivity contribution is 0.0861. The Labute approximate surface area is 181 Å². The molecule has 1 aliphatic rings. The quantitative estimate of drug-likeness (QED) is 0.559. The summed E-state index contributed by atoms with van der Waals surface area (Å²) in [5.74, 6) is 0.0745. The number of aromatic hydroxyl groups is 1. The fourth-order valence-corrected chi connectivity index (χ4v) is 4.40. The van der Waals surface area contributed by atoms with Crippen LogP contribution in [0.3, 0.4) is 0 Å². The number of allylic oxidation sites excluding steroid dienone is 1. The van der Waals surface area contributed by atoms with E-state index in [2.05, 4.69) is 33.7 Å². The molecule has 1 saturated carbocycles. The SMILES string of the molecule is C=C(c1cnc(-c2ccc(-n3ccnc3)cc2O)nn1)[C@@H]1CCCC[C@](C)(CC)[C@@H]1F. The third-order valence-electron chi connectivity index (χ3n) is 6.70. The molecule has 0 radical (unpaired) electrons. The summed E-state index contributed by atoms with van der Waals surface area (Å²) in [4.78, 5) is 8.40. The fraction of sp³-hybridized carbons (Fsp3) is 0.417. The zero-order valence-electron chi connectivity index (χ0n) is 18.0. The molecule has 2 aromatic heterocycles. The van der Waals surface area contributed by atoms with Gasteiger partial charge in [0.05, 0.1) is 23.8 Å². The van der Waals surface area contributed by atoms with E-state index < -0.39 is 6.17 Å². The fourth-order valence-electron chi connectivity index (χ4n) is 4.40. The number of hydrogen-bond donors (Lipinski definition) is 1. The van der Waals surface area contributed by atoms with Gasteiger partial charge in [0.25, 0.3) is 0 Å². The largest absolute Gasteiger partial charge is 0.507 e. The lowest BCUT2D eigenvalue weighted by atomic mass is 9.73. The van der Waals surface area contributed by atoms with Gasteiger partial charge in [0, 0.05) is 24.4 Å². The first kappa shape index (κ1) is 21.2. The molecule has 1 aromatic carbocycles. The third-order valence-corrected chi connectivity index (χ3v) is 6.70. The van der Waals surface area contributed by atoms with Crippen LogP contribution >= 0.6 is 0 Å². The highest BCUT2D eigenvalue weighted by Gasteiger charge is 2.41. The molecule has 0 spiro atoms. The second-order valence-corrected chi connectivity index (χ2v) is 8.63. The Bertz CT molecular complexity index is 1050. The summed E-state index contributed by atoms with van der Waals surface area (Å²) in [7, 11) is 0. The molecule has 1 N–H and O–H groups in total. The number of halogens is 1. The highest BCUT2D eigenvalue weighted by Crippen LogP contribution is 2.46. The molecule has 3 aromatic rings. The number of aromatic nitrogens is 5. The Morgan fingerprint density at radius 2 is 2.16 bits per heavy atom. The zero-order chi connectivity index (χ0) is 22.0. The average Bonchev–Trinajstić information content (AvgIpc) is 3.28. The third kappa shape index (κ3) is 4.09. The van der Waals surface area contributed by atoms with Gasteiger partial charge in [-0.1, -0.05) is 33.3 Å². The number of phenolic OH excluding ortho intramolecular Hbond substituents is 1. The van der Waals surface area contributed by atoms with E-state index in [9.17, 15) is 5.11 Å². The van der Waals surface area contributed by atoms with Crippen LogP contribution in [0.1, 0.15) is 51.6 Å². The summed E-state index contributed by atoms with van der Waals surface area (Å²) in [6.07, 6.45) is 10.2. The second-order valence-electron chi connectivity index (χ2n) is 8.63. The van der Waals surface area contributed by atoms with Crippen molar-refractivity contribution in [1.82, 2.24) is 24.7 Å². The molecule has 2 heterocycles. The van der Waals surface area contributed by atoms with Crippen LogP contribution in [0.15, 0.2) is 49.7 Å². The number of imidazole rings is 1. The Kier molecular flexibility index (Phi) is 5.85. The van der Waals surface area contributed by atoms with Crippen molar-refractivity contribution in [3.63, 3.8) is 0 Å². The van der Waals surface area contributed by atoms with Gasteiger partial charge < -0.3 is 9.67 Å². The normalized spacial score (nSPS) is 24.0. The summed E-state index contributed by atoms with van der Waals surface area (Å²) in [6.45, 7) is 8.25. The molecule has 162 valence electrons. The lowest BCUT2D eigenvalue weighted by Crippen LogP contribution is -2.33. The predicted molar refractivity (Wildman–Crippen MR) is 118 cm³/mol. The maximum absolute atomic E-state index is 15.5. The van der Waals surface area contributed by atoms with Crippen LogP contribution < -0.4 is 0 Å². The van der Waals surface area contributed by atoms with Gasteiger partial charge in [-0.2, -0.15) is 0 Å². The zero-order valence-corrected chi connectivity index (χ0v) is 18.0. The number of rotatable bonds is 5. The maximum atomic E-state index is 15.5. The molecule has 4 rings (SSSR count). The number of phenols is 1. The van der Waals surface area contributed by atoms with Crippen LogP contribution in [0.25, 0.3) is 22.6 Å². The van der Waals surface area contributed by atoms with E-state index in [-0.39, 0.29) is 17.1 Å². The average molecular weight is 422 g/mol. The number of benzene rings is 1. The lowest BCUT2D eigenvalue weighted by Gasteiger charge is -2.35. The van der Waals surface area contributed by atoms with Gasteiger partial charge in [0.2, 0.25) is 0 Å². The van der Waals surface area contributed by atoms with Crippen molar-refractivity contribution in [2.24, 2.45) is 11.3 Å². The van der Waals surface area contributed by atoms with Gasteiger partial charge in [-0.15, -0.1) is 10.2 Å². The van der Waals surface area contributed by atoms with E-state index in [1.165, 1.54) is 0 Å². The highest BCUT2D eigenvalue weighted by atomic mass is 19.1. The smallest absolute Gasteiger partial charge is 0.185 e. The minimum Gasteiger partial charge on any atom is -0.507 e. The summed E-state index contributed by atoms with van der Waals surface area (Å²) in [5, 5.41) is 18.9. The minimum atomic E-state index is -0.964. The highest BCUT2D eigenvalue weighted by molar-refractivity contribution is 5.67. The monoisotopic (exact) mass is 421 g/mol. The van der Waals surface area contributed by atoms with Crippen LogP contribution in [-0.2, 0) is 0 Å². The van der Waals surface area contributed by atoms with Crippen LogP contribution in [-0.4, -0.2) is 36.0 Å². The van der Waals surface area contributed by atoms with Gasteiger partial charge in [0.1, 0.15) is 17.6 Å². The molecular weight excluding hydrogens is 393 g/mol. The molecule has 6 nitrogen and oxygen atoms in total. The number of alkyl halides is 1. The summed E-state index contributed by atoms with van der Waals surface area (Å²) in [5.41, 5.74) is 2.07. The minimum absolute atomic E-state index is 0.0471. The molecule has 3 atom stereocenters. The second kappa shape index (κ2) is 8.57. The predicted octanol–water partition coefficient (Wildman–Crippen LogP) is 5.39. The summed E-state index contributed by atoms with van der Waals surface area (Å²) in [6, 6.07) is 5.21. The standard InChI is InChI=1S/C24H28FN5O/c1-4-24(3)10-6-5-7-18(22(24)25)16(2)20-14-27-23(29-28-20)19-9-8-17(13-21(19)31)30-12-11-26-15-30/h8-9,11-15,18,22,31H,2,4-7,10H2,1,3H3/t18-,22+,24-/m0/s1. The van der Waals surface area contributed by atoms with E-state index >= 15 is 4.39 Å². The van der Waals surface area contributed by atoms with E-state index in [0.717, 1.165) is 37.8 Å². The molecule has 7 heteroatoms. The summed E-state index contributed by atoms with van der Waals surface area (Å²) >= 11 is 0. The van der Waals surface area contributed by atoms with Gasteiger partial charge in [-0.05, 0) is 42.4 Å². The van der Waals surface area contributed by atoms with E-state index in [0.29, 0.717) is 22.7 Å². The first-order valence-corrected chi connectivity index (χ1v) is 10.8. The topological polar surface area (TPSA) is 76.7 Å². The Hall–Kier alpha value is -3.09. The first-order valence-electron chi connectivity index (χ1n) is 10.8. The van der Waals surface area contributed by atoms with E-state index in [1.54, 1.807) is 41.6 Å². The van der Waals surface area contributed by atoms with Crippen LogP contribution in [0.2, 0.25) is 0 Å². The first-order chi connectivity index (χ1) is 14.9. The molecule has 1 aliphatic carbocycles. The molecule has 0 amide bonds. The van der Waals surface area contributed by atoms with E-state index in [4.69, 9.17) is 0 Å². The van der Waals surface area contributed by atoms with Crippen molar-refractivity contribution in [2.45, 2.75) is 52.1 Å². The van der Waals surface area contributed by atoms with Gasteiger partial charge in [0.15, 0.2) is 5.82 Å². The number of hydrogen-bond acceptors (Lipinski definition) is 5. The van der Waals surface area contributed by atoms with Crippen molar-refractivity contribution < 1.29 is 9.50 Å². The molecule has 0 unspecified atom stereocenters. The molecule has 0 bridgehead atoms. The Morgan fingerprint density at radius 1 is 1.32 bits per heavy atom. The van der Waals surface area contributed by atoms with Gasteiger partial charge in [-0.25, -0.2) is 14.4 Å². The van der Waals surface area contributed by atoms with Gasteiger partial charge >= 0.3 is 0 Å². The van der Waals surface area contributed by atoms with Crippen LogP contribution in [0.4, 0.5) is 4.39 Å². The molecule has 0 aliphatic heterocycles. The Morgan fingerprint density at radius 3 is 2.81 bits per heavy atom. The van der Waals surface area contributed by atoms with Crippen molar-refractivity contribution in [3.8, 4) is 22.8 Å². The molecule has 1 fully saturated rings. The molecule has 0 saturated heterocycles. The van der Waals surface area contributed by atoms with Crippen molar-refractivity contribution in [3.05, 3.63) is 55.4 Å². The van der Waals surface area contributed by atoms with Crippen LogP contribution in [0, 0.1) is 11.3 Å². The van der Waals surface area contributed by atoms with Crippen molar-refractivity contribution in [1.29, 1.82) is 0 Å². The number of nitrogens with zero attached hydrogens (tertiary/aromatic N) is 5. The Balaban J connectivity index is 1.56. The van der Waals surface area contributed by atoms with Gasteiger partial charge in [-0.3, -0.25) is 0 Å². The maximum Gasteiger partial charge on any atom is 0.185 e.